The molecule has 0 aliphatic rings. The normalized spacial score (nSPS) is 12.5. The minimum Gasteiger partial charge on any atom is -0.0985 e. The first-order valence-corrected chi connectivity index (χ1v) is 4.26. The minimum atomic E-state index is 0.393. The van der Waals surface area contributed by atoms with Crippen LogP contribution >= 0.6 is 0 Å². The Kier molecular flexibility index (Phi) is 2.66. The highest BCUT2D eigenvalue weighted by Crippen LogP contribution is 2.17. The molecule has 0 amide bonds. The molecule has 0 aliphatic heterocycles. The lowest BCUT2D eigenvalue weighted by atomic mass is 10.1. The van der Waals surface area contributed by atoms with Crippen molar-refractivity contribution in [2.24, 2.45) is 0 Å². The van der Waals surface area contributed by atoms with Crippen molar-refractivity contribution in [1.82, 2.24) is 0 Å². The third-order valence-electron chi connectivity index (χ3n) is 1.68. The number of hydrogen-bond donors (Lipinski definition) is 0. The predicted molar refractivity (Wildman–Crippen MR) is 50.7 cm³/mol. The van der Waals surface area contributed by atoms with Gasteiger partial charge in [-0.2, -0.15) is 0 Å². The first-order valence-electron chi connectivity index (χ1n) is 3.68. The highest BCUT2D eigenvalue weighted by Gasteiger charge is 2.01. The summed E-state index contributed by atoms with van der Waals surface area (Å²) in [4.78, 5) is 0. The SMILES string of the molecule is C=Cc1ccccc1C(C)[Si]. The van der Waals surface area contributed by atoms with Gasteiger partial charge in [-0.3, -0.25) is 0 Å². The van der Waals surface area contributed by atoms with E-state index >= 15 is 0 Å². The Morgan fingerprint density at radius 3 is 2.55 bits per heavy atom. The Balaban J connectivity index is 3.12. The van der Waals surface area contributed by atoms with Gasteiger partial charge in [-0.25, -0.2) is 0 Å². The Labute approximate surface area is 71.4 Å². The van der Waals surface area contributed by atoms with Gasteiger partial charge in [-0.05, 0) is 16.7 Å². The van der Waals surface area contributed by atoms with E-state index in [0.717, 1.165) is 0 Å². The maximum Gasteiger partial charge on any atom is 0.0327 e. The molecule has 1 heteroatoms. The van der Waals surface area contributed by atoms with Crippen LogP contribution in [0.25, 0.3) is 6.08 Å². The van der Waals surface area contributed by atoms with Crippen molar-refractivity contribution >= 4 is 16.3 Å². The van der Waals surface area contributed by atoms with E-state index in [0.29, 0.717) is 5.54 Å². The van der Waals surface area contributed by atoms with E-state index in [1.807, 2.05) is 18.2 Å². The van der Waals surface area contributed by atoms with Crippen molar-refractivity contribution in [3.05, 3.63) is 42.0 Å². The standard InChI is InChI=1S/C10H11Si/c1-3-9-6-4-5-7-10(9)8(2)11/h3-8H,1H2,2H3. The molecule has 3 radical (unpaired) electrons. The maximum atomic E-state index is 3.75. The molecule has 1 aromatic carbocycles. The summed E-state index contributed by atoms with van der Waals surface area (Å²) >= 11 is 0. The number of hydrogen-bond acceptors (Lipinski definition) is 0. The van der Waals surface area contributed by atoms with Gasteiger partial charge in [0, 0.05) is 10.2 Å². The van der Waals surface area contributed by atoms with Crippen LogP contribution in [0.1, 0.15) is 23.6 Å². The molecule has 11 heavy (non-hydrogen) atoms. The van der Waals surface area contributed by atoms with Crippen LogP contribution in [0.15, 0.2) is 30.8 Å². The molecule has 0 saturated heterocycles. The Bertz CT molecular complexity index is 251. The van der Waals surface area contributed by atoms with Gasteiger partial charge >= 0.3 is 0 Å². The van der Waals surface area contributed by atoms with E-state index in [-0.39, 0.29) is 0 Å². The summed E-state index contributed by atoms with van der Waals surface area (Å²) in [5, 5.41) is 0. The Morgan fingerprint density at radius 2 is 2.09 bits per heavy atom. The fourth-order valence-electron chi connectivity index (χ4n) is 1.09. The number of rotatable bonds is 2. The maximum absolute atomic E-state index is 3.75. The highest BCUT2D eigenvalue weighted by atomic mass is 28.1. The third kappa shape index (κ3) is 1.81. The first kappa shape index (κ1) is 8.28. The summed E-state index contributed by atoms with van der Waals surface area (Å²) in [6.45, 7) is 5.86. The van der Waals surface area contributed by atoms with E-state index in [9.17, 15) is 0 Å². The van der Waals surface area contributed by atoms with Gasteiger partial charge in [-0.1, -0.05) is 43.8 Å². The van der Waals surface area contributed by atoms with Crippen molar-refractivity contribution in [3.63, 3.8) is 0 Å². The van der Waals surface area contributed by atoms with Crippen molar-refractivity contribution in [2.45, 2.75) is 12.5 Å². The lowest BCUT2D eigenvalue weighted by Crippen LogP contribution is -1.94. The molecule has 0 spiro atoms. The van der Waals surface area contributed by atoms with Crippen LogP contribution in [0.2, 0.25) is 0 Å². The summed E-state index contributed by atoms with van der Waals surface area (Å²) in [5.41, 5.74) is 2.89. The molecular weight excluding hydrogens is 148 g/mol. The van der Waals surface area contributed by atoms with Gasteiger partial charge in [0.1, 0.15) is 0 Å². The zero-order valence-corrected chi connectivity index (χ0v) is 7.67. The molecule has 1 aromatic rings. The van der Waals surface area contributed by atoms with E-state index < -0.39 is 0 Å². The van der Waals surface area contributed by atoms with Crippen molar-refractivity contribution in [1.29, 1.82) is 0 Å². The lowest BCUT2D eigenvalue weighted by Gasteiger charge is -2.07. The monoisotopic (exact) mass is 159 g/mol. The minimum absolute atomic E-state index is 0.393. The average molecular weight is 159 g/mol. The fraction of sp³-hybridized carbons (Fsp3) is 0.200. The van der Waals surface area contributed by atoms with Crippen molar-refractivity contribution in [2.75, 3.05) is 0 Å². The van der Waals surface area contributed by atoms with Gasteiger partial charge in [0.05, 0.1) is 0 Å². The Morgan fingerprint density at radius 1 is 1.45 bits per heavy atom. The summed E-state index contributed by atoms with van der Waals surface area (Å²) in [7, 11) is 3.58. The molecule has 1 unspecified atom stereocenters. The van der Waals surface area contributed by atoms with E-state index in [1.165, 1.54) is 11.1 Å². The van der Waals surface area contributed by atoms with Crippen LogP contribution in [0.3, 0.4) is 0 Å². The van der Waals surface area contributed by atoms with Crippen LogP contribution < -0.4 is 0 Å². The molecule has 0 heterocycles. The fourth-order valence-corrected chi connectivity index (χ4v) is 1.35. The van der Waals surface area contributed by atoms with Gasteiger partial charge in [0.25, 0.3) is 0 Å². The molecule has 0 N–H and O–H groups in total. The highest BCUT2D eigenvalue weighted by molar-refractivity contribution is 6.12. The molecule has 0 nitrogen and oxygen atoms in total. The largest absolute Gasteiger partial charge is 0.0985 e. The summed E-state index contributed by atoms with van der Waals surface area (Å²) in [6.07, 6.45) is 1.88. The van der Waals surface area contributed by atoms with Gasteiger partial charge < -0.3 is 0 Å². The molecule has 0 saturated carbocycles. The zero-order valence-electron chi connectivity index (χ0n) is 6.67. The lowest BCUT2D eigenvalue weighted by molar-refractivity contribution is 1.08. The Hall–Kier alpha value is -0.823. The summed E-state index contributed by atoms with van der Waals surface area (Å²) < 4.78 is 0. The molecule has 0 aliphatic carbocycles. The average Bonchev–Trinajstić information content (AvgIpc) is 2.04. The van der Waals surface area contributed by atoms with Crippen LogP contribution in [-0.4, -0.2) is 10.2 Å². The van der Waals surface area contributed by atoms with Gasteiger partial charge in [0.2, 0.25) is 0 Å². The molecule has 0 fully saturated rings. The predicted octanol–water partition coefficient (Wildman–Crippen LogP) is 2.56. The van der Waals surface area contributed by atoms with Crippen molar-refractivity contribution in [3.8, 4) is 0 Å². The number of benzene rings is 1. The second kappa shape index (κ2) is 3.53. The van der Waals surface area contributed by atoms with Crippen LogP contribution in [0, 0.1) is 0 Å². The van der Waals surface area contributed by atoms with Gasteiger partial charge in [-0.15, -0.1) is 0 Å². The smallest absolute Gasteiger partial charge is 0.0327 e. The van der Waals surface area contributed by atoms with Crippen LogP contribution in [0.5, 0.6) is 0 Å². The molecule has 1 rings (SSSR count). The summed E-state index contributed by atoms with van der Waals surface area (Å²) in [5.74, 6) is 0. The first-order chi connectivity index (χ1) is 5.25. The zero-order chi connectivity index (χ0) is 8.27. The molecule has 0 bridgehead atoms. The molecule has 1 atom stereocenters. The summed E-state index contributed by atoms with van der Waals surface area (Å²) in [6, 6.07) is 8.24. The van der Waals surface area contributed by atoms with E-state index in [1.54, 1.807) is 0 Å². The topological polar surface area (TPSA) is 0 Å². The van der Waals surface area contributed by atoms with Gasteiger partial charge in [0.15, 0.2) is 0 Å². The van der Waals surface area contributed by atoms with Crippen LogP contribution in [0.4, 0.5) is 0 Å². The molecule has 0 aromatic heterocycles. The van der Waals surface area contributed by atoms with E-state index in [4.69, 9.17) is 0 Å². The quantitative estimate of drug-likeness (QED) is 0.582. The third-order valence-corrected chi connectivity index (χ3v) is 1.99. The second-order valence-electron chi connectivity index (χ2n) is 2.55. The molecule has 55 valence electrons. The van der Waals surface area contributed by atoms with Crippen molar-refractivity contribution < 1.29 is 0 Å². The molecular formula is C10H11Si. The van der Waals surface area contributed by atoms with E-state index in [2.05, 4.69) is 35.9 Å². The second-order valence-corrected chi connectivity index (χ2v) is 3.42. The van der Waals surface area contributed by atoms with Crippen LogP contribution in [-0.2, 0) is 0 Å².